The van der Waals surface area contributed by atoms with Crippen LogP contribution in [0.4, 0.5) is 11.4 Å². The maximum Gasteiger partial charge on any atom is 0.261 e. The molecule has 158 valence electrons. The standard InChI is InChI=1S/C25H24N2O4/c1-15(2)30-19-9-6-17(7-10-19)24(28)26-18-8-12-22-20(14-18)25(29)27(4)21-13-16(3)5-11-23(21)31-22/h5-15H,1-4H3,(H,26,28). The summed E-state index contributed by atoms with van der Waals surface area (Å²) in [5, 5.41) is 2.85. The molecule has 0 bridgehead atoms. The summed E-state index contributed by atoms with van der Waals surface area (Å²) >= 11 is 0. The number of carbonyl (C=O) groups excluding carboxylic acids is 2. The minimum atomic E-state index is -0.273. The van der Waals surface area contributed by atoms with E-state index < -0.39 is 0 Å². The molecule has 0 fully saturated rings. The molecule has 1 N–H and O–H groups in total. The number of rotatable bonds is 4. The highest BCUT2D eigenvalue weighted by Gasteiger charge is 2.26. The molecule has 1 heterocycles. The summed E-state index contributed by atoms with van der Waals surface area (Å²) in [7, 11) is 1.71. The fourth-order valence-corrected chi connectivity index (χ4v) is 3.41. The molecule has 0 spiro atoms. The topological polar surface area (TPSA) is 67.9 Å². The van der Waals surface area contributed by atoms with Gasteiger partial charge >= 0.3 is 0 Å². The lowest BCUT2D eigenvalue weighted by Gasteiger charge is -2.16. The number of amides is 2. The van der Waals surface area contributed by atoms with E-state index in [-0.39, 0.29) is 17.9 Å². The summed E-state index contributed by atoms with van der Waals surface area (Å²) < 4.78 is 11.6. The number of hydrogen-bond donors (Lipinski definition) is 1. The monoisotopic (exact) mass is 416 g/mol. The van der Waals surface area contributed by atoms with Crippen LogP contribution in [0.15, 0.2) is 60.7 Å². The van der Waals surface area contributed by atoms with Crippen molar-refractivity contribution in [3.63, 3.8) is 0 Å². The van der Waals surface area contributed by atoms with E-state index in [0.29, 0.717) is 39.8 Å². The van der Waals surface area contributed by atoms with Gasteiger partial charge < -0.3 is 19.7 Å². The van der Waals surface area contributed by atoms with Crippen LogP contribution >= 0.6 is 0 Å². The maximum atomic E-state index is 13.1. The predicted molar refractivity (Wildman–Crippen MR) is 121 cm³/mol. The number of fused-ring (bicyclic) bond motifs is 2. The number of nitrogens with one attached hydrogen (secondary N) is 1. The molecule has 3 aromatic carbocycles. The lowest BCUT2D eigenvalue weighted by molar-refractivity contribution is 0.0990. The molecule has 3 aromatic rings. The molecule has 0 atom stereocenters. The minimum absolute atomic E-state index is 0.0622. The summed E-state index contributed by atoms with van der Waals surface area (Å²) in [5.74, 6) is 1.29. The number of benzene rings is 3. The quantitative estimate of drug-likeness (QED) is 0.617. The van der Waals surface area contributed by atoms with Crippen molar-refractivity contribution in [1.82, 2.24) is 0 Å². The van der Waals surface area contributed by atoms with E-state index in [1.807, 2.05) is 39.0 Å². The second-order valence-electron chi connectivity index (χ2n) is 7.79. The van der Waals surface area contributed by atoms with Crippen LogP contribution in [-0.2, 0) is 0 Å². The lowest BCUT2D eigenvalue weighted by atomic mass is 10.1. The third kappa shape index (κ3) is 4.23. The number of ether oxygens (including phenoxy) is 2. The van der Waals surface area contributed by atoms with Gasteiger partial charge in [0.1, 0.15) is 11.5 Å². The van der Waals surface area contributed by atoms with Gasteiger partial charge in [-0.25, -0.2) is 0 Å². The number of carbonyl (C=O) groups is 2. The van der Waals surface area contributed by atoms with Gasteiger partial charge in [0.2, 0.25) is 0 Å². The molecule has 0 unspecified atom stereocenters. The zero-order valence-electron chi connectivity index (χ0n) is 17.9. The molecule has 0 radical (unpaired) electrons. The van der Waals surface area contributed by atoms with E-state index in [2.05, 4.69) is 5.32 Å². The zero-order valence-corrected chi connectivity index (χ0v) is 17.9. The van der Waals surface area contributed by atoms with Crippen LogP contribution in [0.25, 0.3) is 0 Å². The number of aryl methyl sites for hydroxylation is 1. The predicted octanol–water partition coefficient (Wildman–Crippen LogP) is 5.42. The minimum Gasteiger partial charge on any atom is -0.491 e. The van der Waals surface area contributed by atoms with Crippen LogP contribution in [-0.4, -0.2) is 25.0 Å². The Labute approximate surface area is 181 Å². The van der Waals surface area contributed by atoms with Crippen molar-refractivity contribution in [2.45, 2.75) is 26.9 Å². The largest absolute Gasteiger partial charge is 0.491 e. The van der Waals surface area contributed by atoms with Crippen LogP contribution in [0.1, 0.15) is 40.1 Å². The van der Waals surface area contributed by atoms with E-state index >= 15 is 0 Å². The molecule has 0 saturated heterocycles. The first kappa shape index (κ1) is 20.5. The highest BCUT2D eigenvalue weighted by atomic mass is 16.5. The van der Waals surface area contributed by atoms with E-state index in [1.54, 1.807) is 54.4 Å². The van der Waals surface area contributed by atoms with Gasteiger partial charge in [-0.2, -0.15) is 0 Å². The molecular formula is C25H24N2O4. The highest BCUT2D eigenvalue weighted by molar-refractivity contribution is 6.11. The second kappa shape index (κ2) is 8.14. The van der Waals surface area contributed by atoms with E-state index in [4.69, 9.17) is 9.47 Å². The van der Waals surface area contributed by atoms with Gasteiger partial charge in [0.25, 0.3) is 11.8 Å². The van der Waals surface area contributed by atoms with Crippen LogP contribution in [0, 0.1) is 6.92 Å². The smallest absolute Gasteiger partial charge is 0.261 e. The first-order chi connectivity index (χ1) is 14.8. The van der Waals surface area contributed by atoms with Gasteiger partial charge in [0, 0.05) is 18.3 Å². The van der Waals surface area contributed by atoms with Crippen LogP contribution in [0.5, 0.6) is 17.2 Å². The van der Waals surface area contributed by atoms with Crippen molar-refractivity contribution in [3.05, 3.63) is 77.4 Å². The Kier molecular flexibility index (Phi) is 5.38. The van der Waals surface area contributed by atoms with Crippen molar-refractivity contribution < 1.29 is 19.1 Å². The Hall–Kier alpha value is -3.80. The van der Waals surface area contributed by atoms with Gasteiger partial charge in [-0.3, -0.25) is 9.59 Å². The molecule has 1 aliphatic rings. The normalized spacial score (nSPS) is 12.5. The van der Waals surface area contributed by atoms with Gasteiger partial charge in [-0.1, -0.05) is 6.07 Å². The van der Waals surface area contributed by atoms with Gasteiger partial charge in [-0.15, -0.1) is 0 Å². The second-order valence-corrected chi connectivity index (χ2v) is 7.79. The van der Waals surface area contributed by atoms with Crippen molar-refractivity contribution in [3.8, 4) is 17.2 Å². The third-order valence-corrected chi connectivity index (χ3v) is 4.96. The van der Waals surface area contributed by atoms with E-state index in [9.17, 15) is 9.59 Å². The Morgan fingerprint density at radius 1 is 1.00 bits per heavy atom. The molecule has 2 amide bonds. The van der Waals surface area contributed by atoms with Crippen LogP contribution < -0.4 is 19.7 Å². The fourth-order valence-electron chi connectivity index (χ4n) is 3.41. The molecule has 0 aliphatic carbocycles. The Balaban J connectivity index is 1.57. The van der Waals surface area contributed by atoms with Crippen molar-refractivity contribution in [1.29, 1.82) is 0 Å². The van der Waals surface area contributed by atoms with Crippen molar-refractivity contribution in [2.24, 2.45) is 0 Å². The third-order valence-electron chi connectivity index (χ3n) is 4.96. The van der Waals surface area contributed by atoms with Crippen LogP contribution in [0.2, 0.25) is 0 Å². The zero-order chi connectivity index (χ0) is 22.1. The fraction of sp³-hybridized carbons (Fsp3) is 0.200. The van der Waals surface area contributed by atoms with Gasteiger partial charge in [-0.05, 0) is 80.9 Å². The average Bonchev–Trinajstić information content (AvgIpc) is 2.84. The molecule has 1 aliphatic heterocycles. The number of hydrogen-bond acceptors (Lipinski definition) is 4. The first-order valence-corrected chi connectivity index (χ1v) is 10.1. The first-order valence-electron chi connectivity index (χ1n) is 10.1. The molecule has 6 nitrogen and oxygen atoms in total. The van der Waals surface area contributed by atoms with E-state index in [1.165, 1.54) is 0 Å². The maximum absolute atomic E-state index is 13.1. The summed E-state index contributed by atoms with van der Waals surface area (Å²) in [6.07, 6.45) is 0.0622. The molecular weight excluding hydrogens is 392 g/mol. The lowest BCUT2D eigenvalue weighted by Crippen LogP contribution is -2.25. The summed E-state index contributed by atoms with van der Waals surface area (Å²) in [6.45, 7) is 5.86. The van der Waals surface area contributed by atoms with Crippen molar-refractivity contribution >= 4 is 23.2 Å². The molecule has 6 heteroatoms. The Morgan fingerprint density at radius 2 is 1.71 bits per heavy atom. The van der Waals surface area contributed by atoms with Crippen molar-refractivity contribution in [2.75, 3.05) is 17.3 Å². The summed E-state index contributed by atoms with van der Waals surface area (Å²) in [5.41, 5.74) is 3.13. The summed E-state index contributed by atoms with van der Waals surface area (Å²) in [6, 6.07) is 17.7. The Morgan fingerprint density at radius 3 is 2.42 bits per heavy atom. The molecule has 0 saturated carbocycles. The molecule has 31 heavy (non-hydrogen) atoms. The molecule has 0 aromatic heterocycles. The Bertz CT molecular complexity index is 1150. The highest BCUT2D eigenvalue weighted by Crippen LogP contribution is 2.39. The number of nitrogens with zero attached hydrogens (tertiary/aromatic N) is 1. The number of anilines is 2. The SMILES string of the molecule is Cc1ccc2c(c1)N(C)C(=O)c1cc(NC(=O)c3ccc(OC(C)C)cc3)ccc1O2. The van der Waals surface area contributed by atoms with Crippen LogP contribution in [0.3, 0.4) is 0 Å². The van der Waals surface area contributed by atoms with Gasteiger partial charge in [0.15, 0.2) is 5.75 Å². The molecule has 4 rings (SSSR count). The average molecular weight is 416 g/mol. The summed E-state index contributed by atoms with van der Waals surface area (Å²) in [4.78, 5) is 27.3. The van der Waals surface area contributed by atoms with E-state index in [0.717, 1.165) is 5.56 Å². The van der Waals surface area contributed by atoms with Gasteiger partial charge in [0.05, 0.1) is 17.4 Å².